The van der Waals surface area contributed by atoms with Gasteiger partial charge in [-0.05, 0) is 24.5 Å². The second kappa shape index (κ2) is 6.33. The minimum Gasteiger partial charge on any atom is -0.396 e. The van der Waals surface area contributed by atoms with Gasteiger partial charge in [-0.2, -0.15) is 0 Å². The highest BCUT2D eigenvalue weighted by atomic mass is 16.3. The second-order valence-electron chi connectivity index (χ2n) is 4.17. The van der Waals surface area contributed by atoms with Crippen LogP contribution in [0.5, 0.6) is 0 Å². The number of anilines is 2. The summed E-state index contributed by atoms with van der Waals surface area (Å²) in [6, 6.07) is 6.07. The first-order chi connectivity index (χ1) is 7.67. The fourth-order valence-corrected chi connectivity index (χ4v) is 1.56. The van der Waals surface area contributed by atoms with Crippen molar-refractivity contribution in [2.75, 3.05) is 24.3 Å². The number of rotatable bonds is 6. The Labute approximate surface area is 97.1 Å². The first-order valence-corrected chi connectivity index (χ1v) is 5.69. The lowest BCUT2D eigenvalue weighted by Gasteiger charge is -2.22. The van der Waals surface area contributed by atoms with Gasteiger partial charge in [0.05, 0.1) is 0 Å². The summed E-state index contributed by atoms with van der Waals surface area (Å²) in [5, 5.41) is 15.3. The van der Waals surface area contributed by atoms with Crippen molar-refractivity contribution >= 4 is 11.6 Å². The summed E-state index contributed by atoms with van der Waals surface area (Å²) in [7, 11) is 1.85. The molecule has 1 aromatic heterocycles. The summed E-state index contributed by atoms with van der Waals surface area (Å²) in [6.45, 7) is 4.46. The molecule has 90 valence electrons. The Bertz CT molecular complexity index is 315. The second-order valence-corrected chi connectivity index (χ2v) is 4.17. The molecular weight excluding hydrogens is 202 g/mol. The van der Waals surface area contributed by atoms with Crippen molar-refractivity contribution in [2.45, 2.75) is 26.3 Å². The molecule has 0 aromatic carbocycles. The smallest absolute Gasteiger partial charge is 0.128 e. The van der Waals surface area contributed by atoms with Crippen molar-refractivity contribution in [2.24, 2.45) is 5.92 Å². The average molecular weight is 223 g/mol. The van der Waals surface area contributed by atoms with Crippen LogP contribution in [0.3, 0.4) is 0 Å². The van der Waals surface area contributed by atoms with Crippen molar-refractivity contribution in [3.8, 4) is 0 Å². The highest BCUT2D eigenvalue weighted by Gasteiger charge is 2.12. The molecule has 4 nitrogen and oxygen atoms in total. The molecule has 0 aliphatic rings. The topological polar surface area (TPSA) is 57.2 Å². The van der Waals surface area contributed by atoms with E-state index in [0.717, 1.165) is 18.1 Å². The first kappa shape index (κ1) is 12.8. The van der Waals surface area contributed by atoms with Crippen molar-refractivity contribution in [3.63, 3.8) is 0 Å². The van der Waals surface area contributed by atoms with Gasteiger partial charge in [0.2, 0.25) is 0 Å². The van der Waals surface area contributed by atoms with E-state index in [4.69, 9.17) is 5.11 Å². The van der Waals surface area contributed by atoms with E-state index in [-0.39, 0.29) is 12.6 Å². The van der Waals surface area contributed by atoms with Gasteiger partial charge >= 0.3 is 0 Å². The zero-order valence-electron chi connectivity index (χ0n) is 10.2. The molecule has 0 bridgehead atoms. The van der Waals surface area contributed by atoms with Crippen LogP contribution in [0.4, 0.5) is 11.6 Å². The van der Waals surface area contributed by atoms with Crippen molar-refractivity contribution in [3.05, 3.63) is 18.2 Å². The number of nitrogens with zero attached hydrogens (tertiary/aromatic N) is 1. The highest BCUT2D eigenvalue weighted by Crippen LogP contribution is 2.14. The van der Waals surface area contributed by atoms with E-state index in [2.05, 4.69) is 29.5 Å². The van der Waals surface area contributed by atoms with Crippen LogP contribution in [0.25, 0.3) is 0 Å². The molecule has 16 heavy (non-hydrogen) atoms. The van der Waals surface area contributed by atoms with E-state index >= 15 is 0 Å². The van der Waals surface area contributed by atoms with Crippen molar-refractivity contribution in [1.82, 2.24) is 4.98 Å². The van der Waals surface area contributed by atoms with Gasteiger partial charge in [-0.15, -0.1) is 0 Å². The van der Waals surface area contributed by atoms with Gasteiger partial charge in [0.1, 0.15) is 11.6 Å². The molecule has 0 saturated heterocycles. The molecule has 0 amide bonds. The molecule has 3 N–H and O–H groups in total. The number of nitrogens with one attached hydrogen (secondary N) is 2. The predicted molar refractivity (Wildman–Crippen MR) is 67.7 cm³/mol. The Kier molecular flexibility index (Phi) is 5.05. The lowest BCUT2D eigenvalue weighted by molar-refractivity contribution is 0.267. The van der Waals surface area contributed by atoms with Gasteiger partial charge in [0, 0.05) is 19.7 Å². The third-order valence-corrected chi connectivity index (χ3v) is 2.58. The molecule has 0 spiro atoms. The summed E-state index contributed by atoms with van der Waals surface area (Å²) >= 11 is 0. The van der Waals surface area contributed by atoms with Crippen LogP contribution in [0.15, 0.2) is 18.2 Å². The zero-order chi connectivity index (χ0) is 12.0. The Morgan fingerprint density at radius 1 is 1.31 bits per heavy atom. The Morgan fingerprint density at radius 2 is 2.00 bits per heavy atom. The maximum atomic E-state index is 8.99. The molecule has 0 radical (unpaired) electrons. The number of hydrogen-bond donors (Lipinski definition) is 3. The molecule has 0 saturated carbocycles. The minimum atomic E-state index is 0.196. The zero-order valence-corrected chi connectivity index (χ0v) is 10.2. The quantitative estimate of drug-likeness (QED) is 0.690. The van der Waals surface area contributed by atoms with Crippen molar-refractivity contribution < 1.29 is 5.11 Å². The van der Waals surface area contributed by atoms with E-state index in [0.29, 0.717) is 5.92 Å². The summed E-state index contributed by atoms with van der Waals surface area (Å²) in [5.41, 5.74) is 0. The molecule has 1 heterocycles. The molecule has 4 heteroatoms. The van der Waals surface area contributed by atoms with Crippen LogP contribution in [-0.2, 0) is 0 Å². The average Bonchev–Trinajstić information content (AvgIpc) is 2.28. The standard InChI is InChI=1S/C12H21N3O/c1-9(2)10(7-8-16)14-12-6-4-5-11(13-3)15-12/h4-6,9-10,16H,7-8H2,1-3H3,(H2,13,14,15). The minimum absolute atomic E-state index is 0.196. The lowest BCUT2D eigenvalue weighted by atomic mass is 10.0. The summed E-state index contributed by atoms with van der Waals surface area (Å²) < 4.78 is 0. The van der Waals surface area contributed by atoms with E-state index in [9.17, 15) is 0 Å². The van der Waals surface area contributed by atoms with Gasteiger partial charge in [-0.25, -0.2) is 4.98 Å². The summed E-state index contributed by atoms with van der Waals surface area (Å²) in [4.78, 5) is 4.39. The first-order valence-electron chi connectivity index (χ1n) is 5.69. The van der Waals surface area contributed by atoms with E-state index in [1.54, 1.807) is 0 Å². The molecule has 1 unspecified atom stereocenters. The van der Waals surface area contributed by atoms with Crippen LogP contribution in [0.2, 0.25) is 0 Å². The number of hydrogen-bond acceptors (Lipinski definition) is 4. The van der Waals surface area contributed by atoms with Gasteiger partial charge in [0.15, 0.2) is 0 Å². The molecule has 0 aliphatic heterocycles. The van der Waals surface area contributed by atoms with E-state index in [1.807, 2.05) is 25.2 Å². The molecule has 1 atom stereocenters. The number of aliphatic hydroxyl groups excluding tert-OH is 1. The Morgan fingerprint density at radius 3 is 2.56 bits per heavy atom. The Balaban J connectivity index is 2.68. The highest BCUT2D eigenvalue weighted by molar-refractivity contribution is 5.45. The maximum absolute atomic E-state index is 8.99. The monoisotopic (exact) mass is 223 g/mol. The third-order valence-electron chi connectivity index (χ3n) is 2.58. The van der Waals surface area contributed by atoms with Gasteiger partial charge < -0.3 is 15.7 Å². The molecule has 0 fully saturated rings. The maximum Gasteiger partial charge on any atom is 0.128 e. The molecule has 1 aromatic rings. The fraction of sp³-hybridized carbons (Fsp3) is 0.583. The number of aliphatic hydroxyl groups is 1. The summed E-state index contributed by atoms with van der Waals surface area (Å²) in [6.07, 6.45) is 0.739. The van der Waals surface area contributed by atoms with Gasteiger partial charge in [-0.3, -0.25) is 0 Å². The predicted octanol–water partition coefficient (Wildman–Crippen LogP) is 1.94. The molecule has 1 rings (SSSR count). The van der Waals surface area contributed by atoms with Crippen LogP contribution >= 0.6 is 0 Å². The lowest BCUT2D eigenvalue weighted by Crippen LogP contribution is -2.27. The van der Waals surface area contributed by atoms with Gasteiger partial charge in [0.25, 0.3) is 0 Å². The van der Waals surface area contributed by atoms with Crippen LogP contribution in [0, 0.1) is 5.92 Å². The Hall–Kier alpha value is -1.29. The van der Waals surface area contributed by atoms with Crippen LogP contribution in [-0.4, -0.2) is 29.8 Å². The van der Waals surface area contributed by atoms with Crippen LogP contribution in [0.1, 0.15) is 20.3 Å². The van der Waals surface area contributed by atoms with Crippen LogP contribution < -0.4 is 10.6 Å². The van der Waals surface area contributed by atoms with Gasteiger partial charge in [-0.1, -0.05) is 19.9 Å². The largest absolute Gasteiger partial charge is 0.396 e. The van der Waals surface area contributed by atoms with Crippen molar-refractivity contribution in [1.29, 1.82) is 0 Å². The fourth-order valence-electron chi connectivity index (χ4n) is 1.56. The molecule has 0 aliphatic carbocycles. The number of pyridine rings is 1. The van der Waals surface area contributed by atoms with E-state index < -0.39 is 0 Å². The SMILES string of the molecule is CNc1cccc(NC(CCO)C(C)C)n1. The summed E-state index contributed by atoms with van der Waals surface area (Å²) in [5.74, 6) is 2.16. The third kappa shape index (κ3) is 3.70. The molecular formula is C12H21N3O. The van der Waals surface area contributed by atoms with E-state index in [1.165, 1.54) is 0 Å². The normalized spacial score (nSPS) is 12.6. The number of aromatic nitrogens is 1.